The number of H-pyrrole nitrogens is 2. The molecule has 2 aliphatic carbocycles. The minimum Gasteiger partial charge on any atom is -0.309 e. The average Bonchev–Trinajstić information content (AvgIpc) is 3.45. The molecule has 0 spiro atoms. The van der Waals surface area contributed by atoms with E-state index in [1.807, 2.05) is 6.07 Å². The average molecular weight is 458 g/mol. The molecule has 31 heavy (non-hydrogen) atoms. The molecule has 0 saturated heterocycles. The van der Waals surface area contributed by atoms with Crippen LogP contribution in [0.1, 0.15) is 60.5 Å². The van der Waals surface area contributed by atoms with Crippen LogP contribution in [0, 0.1) is 5.92 Å². The zero-order valence-electron chi connectivity index (χ0n) is 17.5. The fourth-order valence-corrected chi connectivity index (χ4v) is 6.74. The van der Waals surface area contributed by atoms with Gasteiger partial charge in [-0.05, 0) is 37.2 Å². The molecule has 5 rings (SSSR count). The van der Waals surface area contributed by atoms with Gasteiger partial charge in [0.25, 0.3) is 5.56 Å². The van der Waals surface area contributed by atoms with Crippen LogP contribution in [-0.2, 0) is 29.8 Å². The van der Waals surface area contributed by atoms with Gasteiger partial charge in [-0.1, -0.05) is 32.1 Å². The molecule has 1 fully saturated rings. The van der Waals surface area contributed by atoms with Crippen LogP contribution in [-0.4, -0.2) is 31.8 Å². The van der Waals surface area contributed by atoms with Crippen molar-refractivity contribution < 1.29 is 4.79 Å². The molecule has 3 aromatic rings. The first-order valence-corrected chi connectivity index (χ1v) is 13.1. The summed E-state index contributed by atoms with van der Waals surface area (Å²) >= 11 is 3.08. The molecule has 0 aliphatic heterocycles. The Balaban J connectivity index is 1.12. The van der Waals surface area contributed by atoms with Gasteiger partial charge in [-0.2, -0.15) is 5.10 Å². The highest BCUT2D eigenvalue weighted by molar-refractivity contribution is 7.99. The Bertz CT molecular complexity index is 1140. The van der Waals surface area contributed by atoms with Gasteiger partial charge in [0.05, 0.1) is 16.9 Å². The number of anilines is 1. The van der Waals surface area contributed by atoms with Crippen molar-refractivity contribution in [3.8, 4) is 0 Å². The number of carbonyl (C=O) groups excluding carboxylic acids is 1. The Kier molecular flexibility index (Phi) is 6.13. The van der Waals surface area contributed by atoms with Crippen LogP contribution in [0.2, 0.25) is 0 Å². The molecular weight excluding hydrogens is 430 g/mol. The molecule has 1 saturated carbocycles. The van der Waals surface area contributed by atoms with Gasteiger partial charge in [-0.25, -0.2) is 4.98 Å². The Morgan fingerprint density at radius 2 is 2.10 bits per heavy atom. The van der Waals surface area contributed by atoms with Crippen molar-refractivity contribution in [3.63, 3.8) is 0 Å². The lowest BCUT2D eigenvalue weighted by Crippen LogP contribution is -2.15. The first-order chi connectivity index (χ1) is 15.2. The van der Waals surface area contributed by atoms with Crippen LogP contribution >= 0.6 is 23.1 Å². The van der Waals surface area contributed by atoms with E-state index in [9.17, 15) is 9.59 Å². The van der Waals surface area contributed by atoms with Crippen molar-refractivity contribution in [1.82, 2.24) is 20.2 Å². The monoisotopic (exact) mass is 457 g/mol. The van der Waals surface area contributed by atoms with Crippen molar-refractivity contribution >= 4 is 45.0 Å². The molecule has 3 N–H and O–H groups in total. The lowest BCUT2D eigenvalue weighted by Gasteiger charge is -2.20. The van der Waals surface area contributed by atoms with E-state index in [0.29, 0.717) is 17.4 Å². The normalized spacial score (nSPS) is 16.6. The SMILES string of the molecule is O=C(CSCc1nc2sc3c(c2c(=O)[nH]1)CCC3)Nc1cc(CC2CCCCC2)[nH]n1. The van der Waals surface area contributed by atoms with E-state index in [1.165, 1.54) is 54.3 Å². The fraction of sp³-hybridized carbons (Fsp3) is 0.545. The molecule has 0 radical (unpaired) electrons. The smallest absolute Gasteiger partial charge is 0.259 e. The summed E-state index contributed by atoms with van der Waals surface area (Å²) in [4.78, 5) is 34.5. The van der Waals surface area contributed by atoms with Gasteiger partial charge in [0.1, 0.15) is 10.7 Å². The van der Waals surface area contributed by atoms with Crippen molar-refractivity contribution in [2.45, 2.75) is 63.5 Å². The molecule has 2 aliphatic rings. The molecule has 9 heteroatoms. The number of thiophene rings is 1. The van der Waals surface area contributed by atoms with Crippen molar-refractivity contribution in [3.05, 3.63) is 38.4 Å². The summed E-state index contributed by atoms with van der Waals surface area (Å²) in [5, 5.41) is 10.9. The highest BCUT2D eigenvalue weighted by Gasteiger charge is 2.21. The maximum absolute atomic E-state index is 12.5. The van der Waals surface area contributed by atoms with Gasteiger partial charge in [0.15, 0.2) is 5.82 Å². The van der Waals surface area contributed by atoms with Crippen LogP contribution in [0.4, 0.5) is 5.82 Å². The van der Waals surface area contributed by atoms with Gasteiger partial charge >= 0.3 is 0 Å². The highest BCUT2D eigenvalue weighted by Crippen LogP contribution is 2.34. The van der Waals surface area contributed by atoms with E-state index in [1.54, 1.807) is 11.3 Å². The Morgan fingerprint density at radius 1 is 1.23 bits per heavy atom. The number of nitrogens with zero attached hydrogens (tertiary/aromatic N) is 2. The number of amides is 1. The van der Waals surface area contributed by atoms with Gasteiger partial charge < -0.3 is 10.3 Å². The van der Waals surface area contributed by atoms with Gasteiger partial charge in [-0.15, -0.1) is 23.1 Å². The first kappa shape index (κ1) is 20.8. The number of hydrogen-bond donors (Lipinski definition) is 3. The molecule has 0 unspecified atom stereocenters. The number of rotatable bonds is 7. The van der Waals surface area contributed by atoms with Crippen LogP contribution < -0.4 is 10.9 Å². The molecule has 0 atom stereocenters. The third-order valence-electron chi connectivity index (χ3n) is 6.23. The van der Waals surface area contributed by atoms with E-state index in [0.717, 1.165) is 47.5 Å². The first-order valence-electron chi connectivity index (χ1n) is 11.1. The summed E-state index contributed by atoms with van der Waals surface area (Å²) in [6.07, 6.45) is 10.7. The van der Waals surface area contributed by atoms with Crippen molar-refractivity contribution in [2.24, 2.45) is 5.92 Å². The largest absolute Gasteiger partial charge is 0.309 e. The van der Waals surface area contributed by atoms with Gasteiger partial charge in [-0.3, -0.25) is 14.7 Å². The second kappa shape index (κ2) is 9.16. The van der Waals surface area contributed by atoms with E-state index >= 15 is 0 Å². The molecule has 3 heterocycles. The summed E-state index contributed by atoms with van der Waals surface area (Å²) in [7, 11) is 0. The third kappa shape index (κ3) is 4.72. The molecule has 0 bridgehead atoms. The predicted molar refractivity (Wildman–Crippen MR) is 126 cm³/mol. The summed E-state index contributed by atoms with van der Waals surface area (Å²) in [5.41, 5.74) is 2.23. The van der Waals surface area contributed by atoms with Crippen molar-refractivity contribution in [1.29, 1.82) is 0 Å². The number of thioether (sulfide) groups is 1. The summed E-state index contributed by atoms with van der Waals surface area (Å²) in [6.45, 7) is 0. The van der Waals surface area contributed by atoms with Crippen LogP contribution in [0.25, 0.3) is 10.2 Å². The lowest BCUT2D eigenvalue weighted by atomic mass is 9.86. The van der Waals surface area contributed by atoms with Crippen molar-refractivity contribution in [2.75, 3.05) is 11.1 Å². The Labute approximate surface area is 188 Å². The minimum absolute atomic E-state index is 0.0496. The lowest BCUT2D eigenvalue weighted by molar-refractivity contribution is -0.113. The van der Waals surface area contributed by atoms with E-state index in [4.69, 9.17) is 0 Å². The topological polar surface area (TPSA) is 104 Å². The zero-order chi connectivity index (χ0) is 21.2. The molecule has 164 valence electrons. The zero-order valence-corrected chi connectivity index (χ0v) is 19.1. The second-order valence-electron chi connectivity index (χ2n) is 8.58. The number of aromatic nitrogens is 4. The fourth-order valence-electron chi connectivity index (χ4n) is 4.77. The maximum Gasteiger partial charge on any atom is 0.259 e. The Morgan fingerprint density at radius 3 is 2.97 bits per heavy atom. The number of carbonyl (C=O) groups is 1. The predicted octanol–water partition coefficient (Wildman–Crippen LogP) is 4.19. The van der Waals surface area contributed by atoms with Gasteiger partial charge in [0, 0.05) is 16.6 Å². The van der Waals surface area contributed by atoms with Crippen LogP contribution in [0.3, 0.4) is 0 Å². The summed E-state index contributed by atoms with van der Waals surface area (Å²) in [6, 6.07) is 1.94. The molecular formula is C22H27N5O2S2. The number of aryl methyl sites for hydroxylation is 2. The third-order valence-corrected chi connectivity index (χ3v) is 8.36. The maximum atomic E-state index is 12.5. The van der Waals surface area contributed by atoms with E-state index < -0.39 is 0 Å². The quantitative estimate of drug-likeness (QED) is 0.494. The minimum atomic E-state index is -0.0979. The van der Waals surface area contributed by atoms with E-state index in [-0.39, 0.29) is 17.2 Å². The second-order valence-corrected chi connectivity index (χ2v) is 10.6. The van der Waals surface area contributed by atoms with E-state index in [2.05, 4.69) is 25.5 Å². The highest BCUT2D eigenvalue weighted by atomic mass is 32.2. The standard InChI is InChI=1S/C22H27N5O2S2/c28-19(23-17-10-14(26-27-17)9-13-5-2-1-3-6-13)12-30-11-18-24-21(29)20-15-7-4-8-16(15)31-22(20)25-18/h10,13H,1-9,11-12H2,(H,24,25,29)(H2,23,26,27,28). The number of hydrogen-bond acceptors (Lipinski definition) is 6. The summed E-state index contributed by atoms with van der Waals surface area (Å²) < 4.78 is 0. The molecule has 0 aromatic carbocycles. The number of aromatic amines is 2. The number of nitrogens with one attached hydrogen (secondary N) is 3. The molecule has 3 aromatic heterocycles. The Hall–Kier alpha value is -2.13. The van der Waals surface area contributed by atoms with Crippen LogP contribution in [0.5, 0.6) is 0 Å². The van der Waals surface area contributed by atoms with Crippen LogP contribution in [0.15, 0.2) is 10.9 Å². The molecule has 7 nitrogen and oxygen atoms in total. The van der Waals surface area contributed by atoms with Gasteiger partial charge in [0.2, 0.25) is 5.91 Å². The molecule has 1 amide bonds. The summed E-state index contributed by atoms with van der Waals surface area (Å²) in [5.74, 6) is 2.62. The number of fused-ring (bicyclic) bond motifs is 3.